The standard InChI is InChI=1S/C13H16N2O2/c1-16-9-4-5-11-12(7-9)15-13(14-11)8-10-3-2-6-17-10/h4-5,7,10H,2-3,6,8H2,1H3,(H,14,15). The van der Waals surface area contributed by atoms with Crippen LogP contribution in [0.4, 0.5) is 0 Å². The van der Waals surface area contributed by atoms with Gasteiger partial charge >= 0.3 is 0 Å². The number of aromatic nitrogens is 2. The van der Waals surface area contributed by atoms with Gasteiger partial charge < -0.3 is 14.5 Å². The highest BCUT2D eigenvalue weighted by Gasteiger charge is 2.17. The van der Waals surface area contributed by atoms with E-state index in [2.05, 4.69) is 9.97 Å². The van der Waals surface area contributed by atoms with Gasteiger partial charge in [0.2, 0.25) is 0 Å². The Morgan fingerprint density at radius 1 is 1.53 bits per heavy atom. The topological polar surface area (TPSA) is 47.1 Å². The summed E-state index contributed by atoms with van der Waals surface area (Å²) in [4.78, 5) is 7.89. The smallest absolute Gasteiger partial charge is 0.121 e. The first-order chi connectivity index (χ1) is 8.35. The molecule has 0 saturated carbocycles. The van der Waals surface area contributed by atoms with Crippen LogP contribution in [-0.4, -0.2) is 29.8 Å². The summed E-state index contributed by atoms with van der Waals surface area (Å²) in [6, 6.07) is 5.88. The van der Waals surface area contributed by atoms with Crippen LogP contribution in [0.25, 0.3) is 11.0 Å². The molecule has 1 atom stereocenters. The van der Waals surface area contributed by atoms with Crippen molar-refractivity contribution in [2.75, 3.05) is 13.7 Å². The summed E-state index contributed by atoms with van der Waals surface area (Å²) in [5, 5.41) is 0. The molecular weight excluding hydrogens is 216 g/mol. The van der Waals surface area contributed by atoms with Gasteiger partial charge in [-0.3, -0.25) is 0 Å². The fraction of sp³-hybridized carbons (Fsp3) is 0.462. The molecule has 1 aliphatic rings. The summed E-state index contributed by atoms with van der Waals surface area (Å²) < 4.78 is 10.8. The summed E-state index contributed by atoms with van der Waals surface area (Å²) in [5.41, 5.74) is 2.01. The van der Waals surface area contributed by atoms with Crippen LogP contribution in [0.3, 0.4) is 0 Å². The normalized spacial score (nSPS) is 19.9. The van der Waals surface area contributed by atoms with Crippen LogP contribution in [-0.2, 0) is 11.2 Å². The van der Waals surface area contributed by atoms with Gasteiger partial charge in [-0.25, -0.2) is 4.98 Å². The zero-order valence-electron chi connectivity index (χ0n) is 9.90. The van der Waals surface area contributed by atoms with Crippen LogP contribution < -0.4 is 4.74 Å². The summed E-state index contributed by atoms with van der Waals surface area (Å²) in [6.45, 7) is 0.888. The molecule has 0 bridgehead atoms. The molecule has 90 valence electrons. The highest BCUT2D eigenvalue weighted by Crippen LogP contribution is 2.21. The molecule has 0 amide bonds. The van der Waals surface area contributed by atoms with Crippen molar-refractivity contribution < 1.29 is 9.47 Å². The first-order valence-corrected chi connectivity index (χ1v) is 5.99. The number of methoxy groups -OCH3 is 1. The Morgan fingerprint density at radius 2 is 2.47 bits per heavy atom. The third kappa shape index (κ3) is 2.13. The Labute approximate surface area is 100.0 Å². The Balaban J connectivity index is 1.85. The summed E-state index contributed by atoms with van der Waals surface area (Å²) in [6.07, 6.45) is 3.51. The molecule has 1 aliphatic heterocycles. The molecule has 4 heteroatoms. The van der Waals surface area contributed by atoms with Crippen molar-refractivity contribution in [3.63, 3.8) is 0 Å². The first kappa shape index (κ1) is 10.6. The van der Waals surface area contributed by atoms with Crippen LogP contribution in [0.2, 0.25) is 0 Å². The van der Waals surface area contributed by atoms with Gasteiger partial charge in [-0.15, -0.1) is 0 Å². The van der Waals surface area contributed by atoms with Crippen LogP contribution in [0.5, 0.6) is 5.75 Å². The lowest BCUT2D eigenvalue weighted by Gasteiger charge is -2.05. The molecule has 2 aromatic rings. The summed E-state index contributed by atoms with van der Waals surface area (Å²) >= 11 is 0. The Bertz CT molecular complexity index is 515. The van der Waals surface area contributed by atoms with Crippen molar-refractivity contribution in [1.29, 1.82) is 0 Å². The maximum absolute atomic E-state index is 5.61. The van der Waals surface area contributed by atoms with Gasteiger partial charge in [-0.2, -0.15) is 0 Å². The van der Waals surface area contributed by atoms with Crippen LogP contribution in [0.1, 0.15) is 18.7 Å². The number of nitrogens with one attached hydrogen (secondary N) is 1. The van der Waals surface area contributed by atoms with Crippen molar-refractivity contribution in [2.45, 2.75) is 25.4 Å². The lowest BCUT2D eigenvalue weighted by atomic mass is 10.2. The number of rotatable bonds is 3. The molecule has 0 radical (unpaired) electrons. The van der Waals surface area contributed by atoms with Crippen molar-refractivity contribution in [1.82, 2.24) is 9.97 Å². The van der Waals surface area contributed by atoms with Gasteiger partial charge in [0.05, 0.1) is 24.2 Å². The maximum atomic E-state index is 5.61. The zero-order valence-corrected chi connectivity index (χ0v) is 9.90. The molecule has 0 spiro atoms. The van der Waals surface area contributed by atoms with Gasteiger partial charge in [0.25, 0.3) is 0 Å². The second-order valence-electron chi connectivity index (χ2n) is 4.41. The number of nitrogens with zero attached hydrogens (tertiary/aromatic N) is 1. The van der Waals surface area contributed by atoms with Crippen molar-refractivity contribution in [3.05, 3.63) is 24.0 Å². The number of hydrogen-bond acceptors (Lipinski definition) is 3. The van der Waals surface area contributed by atoms with E-state index in [4.69, 9.17) is 9.47 Å². The predicted octanol–water partition coefficient (Wildman–Crippen LogP) is 2.29. The molecular formula is C13H16N2O2. The quantitative estimate of drug-likeness (QED) is 0.883. The minimum absolute atomic E-state index is 0.331. The lowest BCUT2D eigenvalue weighted by Crippen LogP contribution is -2.09. The minimum atomic E-state index is 0.331. The molecule has 4 nitrogen and oxygen atoms in total. The van der Waals surface area contributed by atoms with E-state index in [-0.39, 0.29) is 0 Å². The monoisotopic (exact) mass is 232 g/mol. The van der Waals surface area contributed by atoms with E-state index in [1.54, 1.807) is 7.11 Å². The van der Waals surface area contributed by atoms with Crippen LogP contribution >= 0.6 is 0 Å². The van der Waals surface area contributed by atoms with E-state index in [0.717, 1.165) is 42.1 Å². The molecule has 1 saturated heterocycles. The lowest BCUT2D eigenvalue weighted by molar-refractivity contribution is 0.110. The molecule has 1 N–H and O–H groups in total. The average Bonchev–Trinajstić information content (AvgIpc) is 2.96. The molecule has 0 aliphatic carbocycles. The van der Waals surface area contributed by atoms with E-state index in [0.29, 0.717) is 6.10 Å². The largest absolute Gasteiger partial charge is 0.497 e. The molecule has 2 heterocycles. The maximum Gasteiger partial charge on any atom is 0.121 e. The zero-order chi connectivity index (χ0) is 11.7. The van der Waals surface area contributed by atoms with Crippen LogP contribution in [0, 0.1) is 0 Å². The fourth-order valence-corrected chi connectivity index (χ4v) is 2.29. The van der Waals surface area contributed by atoms with Gasteiger partial charge in [-0.1, -0.05) is 0 Å². The van der Waals surface area contributed by atoms with Gasteiger partial charge in [0, 0.05) is 19.1 Å². The second-order valence-corrected chi connectivity index (χ2v) is 4.41. The fourth-order valence-electron chi connectivity index (χ4n) is 2.29. The third-order valence-corrected chi connectivity index (χ3v) is 3.18. The first-order valence-electron chi connectivity index (χ1n) is 5.99. The molecule has 1 aromatic heterocycles. The number of ether oxygens (including phenoxy) is 2. The van der Waals surface area contributed by atoms with E-state index >= 15 is 0 Å². The van der Waals surface area contributed by atoms with Crippen molar-refractivity contribution in [2.24, 2.45) is 0 Å². The highest BCUT2D eigenvalue weighted by atomic mass is 16.5. The second kappa shape index (κ2) is 4.37. The SMILES string of the molecule is COc1ccc2nc(CC3CCCO3)[nH]c2c1. The van der Waals surface area contributed by atoms with E-state index in [9.17, 15) is 0 Å². The molecule has 1 aromatic carbocycles. The van der Waals surface area contributed by atoms with Crippen molar-refractivity contribution >= 4 is 11.0 Å². The molecule has 1 unspecified atom stereocenters. The van der Waals surface area contributed by atoms with Crippen molar-refractivity contribution in [3.8, 4) is 5.75 Å². The molecule has 1 fully saturated rings. The molecule has 3 rings (SSSR count). The Morgan fingerprint density at radius 3 is 3.24 bits per heavy atom. The Kier molecular flexibility index (Phi) is 2.73. The predicted molar refractivity (Wildman–Crippen MR) is 65.3 cm³/mol. The number of imidazole rings is 1. The van der Waals surface area contributed by atoms with E-state index in [1.165, 1.54) is 6.42 Å². The van der Waals surface area contributed by atoms with E-state index < -0.39 is 0 Å². The number of fused-ring (bicyclic) bond motifs is 1. The highest BCUT2D eigenvalue weighted by molar-refractivity contribution is 5.76. The van der Waals surface area contributed by atoms with Gasteiger partial charge in [0.15, 0.2) is 0 Å². The summed E-state index contributed by atoms with van der Waals surface area (Å²) in [7, 11) is 1.67. The minimum Gasteiger partial charge on any atom is -0.497 e. The van der Waals surface area contributed by atoms with Gasteiger partial charge in [0.1, 0.15) is 11.6 Å². The number of hydrogen-bond donors (Lipinski definition) is 1. The molecule has 17 heavy (non-hydrogen) atoms. The third-order valence-electron chi connectivity index (χ3n) is 3.18. The average molecular weight is 232 g/mol. The van der Waals surface area contributed by atoms with Crippen LogP contribution in [0.15, 0.2) is 18.2 Å². The number of aromatic amines is 1. The number of benzene rings is 1. The van der Waals surface area contributed by atoms with E-state index in [1.807, 2.05) is 18.2 Å². The number of H-pyrrole nitrogens is 1. The Hall–Kier alpha value is -1.55. The summed E-state index contributed by atoms with van der Waals surface area (Å²) in [5.74, 6) is 1.85. The van der Waals surface area contributed by atoms with Gasteiger partial charge in [-0.05, 0) is 25.0 Å².